The summed E-state index contributed by atoms with van der Waals surface area (Å²) >= 11 is 0. The fraction of sp³-hybridized carbons (Fsp3) is 0.375. The number of allylic oxidation sites excluding steroid dienone is 2. The van der Waals surface area contributed by atoms with Gasteiger partial charge >= 0.3 is 0 Å². The molecule has 0 amide bonds. The van der Waals surface area contributed by atoms with Gasteiger partial charge in [-0.3, -0.25) is 0 Å². The summed E-state index contributed by atoms with van der Waals surface area (Å²) in [6.07, 6.45) is 4.47. The first-order chi connectivity index (χ1) is 8.40. The third-order valence-electron chi connectivity index (χ3n) is 3.75. The highest BCUT2D eigenvalue weighted by molar-refractivity contribution is 6.86. The van der Waals surface area contributed by atoms with Gasteiger partial charge in [0.1, 0.15) is 0 Å². The molecule has 1 aromatic carbocycles. The largest absolute Gasteiger partial charge is 0.359 e. The smallest absolute Gasteiger partial charge is 0.235 e. The predicted octanol–water partition coefficient (Wildman–Crippen LogP) is 3.15. The lowest BCUT2D eigenvalue weighted by atomic mass is 9.34. The lowest BCUT2D eigenvalue weighted by Gasteiger charge is -2.27. The second kappa shape index (κ2) is 4.68. The van der Waals surface area contributed by atoms with Crippen molar-refractivity contribution in [2.75, 3.05) is 7.05 Å². The van der Waals surface area contributed by atoms with E-state index in [1.165, 1.54) is 33.1 Å². The zero-order chi connectivity index (χ0) is 13.4. The quantitative estimate of drug-likeness (QED) is 0.680. The van der Waals surface area contributed by atoms with E-state index < -0.39 is 0 Å². The number of aryl methyl sites for hydroxylation is 3. The van der Waals surface area contributed by atoms with Crippen LogP contribution in [-0.2, 0) is 0 Å². The molecule has 2 rings (SSSR count). The Kier molecular flexibility index (Phi) is 3.38. The molecule has 1 aliphatic rings. The molecule has 0 fully saturated rings. The van der Waals surface area contributed by atoms with E-state index in [1.807, 2.05) is 0 Å². The minimum absolute atomic E-state index is 0.446. The molecule has 0 aromatic heterocycles. The van der Waals surface area contributed by atoms with Gasteiger partial charge in [-0.05, 0) is 47.0 Å². The van der Waals surface area contributed by atoms with E-state index in [2.05, 4.69) is 71.1 Å². The normalized spacial score (nSPS) is 15.7. The highest BCUT2D eigenvalue weighted by atomic mass is 15.1. The van der Waals surface area contributed by atoms with E-state index in [0.717, 1.165) is 0 Å². The number of benzene rings is 1. The fourth-order valence-corrected chi connectivity index (χ4v) is 3.29. The van der Waals surface area contributed by atoms with Crippen LogP contribution in [0.4, 0.5) is 0 Å². The van der Waals surface area contributed by atoms with E-state index in [-0.39, 0.29) is 0 Å². The Morgan fingerprint density at radius 3 is 1.72 bits per heavy atom. The van der Waals surface area contributed by atoms with Crippen molar-refractivity contribution in [3.63, 3.8) is 0 Å². The zero-order valence-corrected chi connectivity index (χ0v) is 12.3. The Hall–Kier alpha value is -1.44. The number of rotatable bonds is 1. The number of hydrogen-bond acceptors (Lipinski definition) is 1. The Morgan fingerprint density at radius 1 is 0.833 bits per heavy atom. The van der Waals surface area contributed by atoms with Gasteiger partial charge in [-0.2, -0.15) is 0 Å². The summed E-state index contributed by atoms with van der Waals surface area (Å²) in [7, 11) is 2.10. The Balaban J connectivity index is 2.56. The minimum Gasteiger partial charge on any atom is -0.359 e. The van der Waals surface area contributed by atoms with E-state index in [4.69, 9.17) is 0 Å². The molecule has 94 valence electrons. The van der Waals surface area contributed by atoms with E-state index in [1.54, 1.807) is 0 Å². The molecular weight excluding hydrogens is 217 g/mol. The Morgan fingerprint density at radius 2 is 1.28 bits per heavy atom. The fourth-order valence-electron chi connectivity index (χ4n) is 3.29. The summed E-state index contributed by atoms with van der Waals surface area (Å²) in [6, 6.07) is 4.59. The summed E-state index contributed by atoms with van der Waals surface area (Å²) in [5.74, 6) is 0. The summed E-state index contributed by atoms with van der Waals surface area (Å²) in [6.45, 7) is 11.5. The first-order valence-corrected chi connectivity index (χ1v) is 6.56. The second-order valence-electron chi connectivity index (χ2n) is 5.66. The Labute approximate surface area is 111 Å². The van der Waals surface area contributed by atoms with E-state index in [0.29, 0.717) is 6.71 Å². The van der Waals surface area contributed by atoms with Crippen LogP contribution in [0.1, 0.15) is 30.5 Å². The van der Waals surface area contributed by atoms with Crippen molar-refractivity contribution in [3.05, 3.63) is 52.2 Å². The second-order valence-corrected chi connectivity index (χ2v) is 5.66. The SMILES string of the molecule is CC1=CN(C)C=C(C)B1c1c(C)cc(C)cc1C. The van der Waals surface area contributed by atoms with Gasteiger partial charge in [0, 0.05) is 7.05 Å². The molecule has 2 heteroatoms. The van der Waals surface area contributed by atoms with Crippen molar-refractivity contribution in [2.24, 2.45) is 0 Å². The molecule has 0 N–H and O–H groups in total. The molecule has 1 heterocycles. The molecule has 0 unspecified atom stereocenters. The maximum absolute atomic E-state index is 2.29. The average molecular weight is 239 g/mol. The van der Waals surface area contributed by atoms with Crippen LogP contribution in [0.15, 0.2) is 35.5 Å². The number of nitrogens with zero attached hydrogens (tertiary/aromatic N) is 1. The molecule has 0 saturated carbocycles. The molecule has 0 saturated heterocycles. The van der Waals surface area contributed by atoms with Crippen LogP contribution in [0.3, 0.4) is 0 Å². The van der Waals surface area contributed by atoms with Crippen molar-refractivity contribution in [1.29, 1.82) is 0 Å². The van der Waals surface area contributed by atoms with Crippen molar-refractivity contribution < 1.29 is 0 Å². The first kappa shape index (κ1) is 13.0. The summed E-state index contributed by atoms with van der Waals surface area (Å²) < 4.78 is 0. The van der Waals surface area contributed by atoms with Crippen LogP contribution < -0.4 is 5.46 Å². The lowest BCUT2D eigenvalue weighted by Crippen LogP contribution is -2.40. The van der Waals surface area contributed by atoms with Gasteiger partial charge in [0.15, 0.2) is 0 Å². The zero-order valence-electron chi connectivity index (χ0n) is 12.3. The molecule has 1 nitrogen and oxygen atoms in total. The van der Waals surface area contributed by atoms with Crippen LogP contribution in [0.25, 0.3) is 0 Å². The molecular formula is C16H22BN. The van der Waals surface area contributed by atoms with Crippen molar-refractivity contribution in [1.82, 2.24) is 4.90 Å². The van der Waals surface area contributed by atoms with Gasteiger partial charge in [-0.15, -0.1) is 0 Å². The van der Waals surface area contributed by atoms with Crippen LogP contribution in [0.5, 0.6) is 0 Å². The third-order valence-corrected chi connectivity index (χ3v) is 3.75. The average Bonchev–Trinajstić information content (AvgIpc) is 2.20. The maximum Gasteiger partial charge on any atom is 0.235 e. The molecule has 0 bridgehead atoms. The highest BCUT2D eigenvalue weighted by Gasteiger charge is 2.27. The predicted molar refractivity (Wildman–Crippen MR) is 81.3 cm³/mol. The van der Waals surface area contributed by atoms with Gasteiger partial charge in [0.25, 0.3) is 0 Å². The van der Waals surface area contributed by atoms with Crippen molar-refractivity contribution in [3.8, 4) is 0 Å². The third kappa shape index (κ3) is 2.24. The molecule has 0 atom stereocenters. The number of hydrogen-bond donors (Lipinski definition) is 0. The lowest BCUT2D eigenvalue weighted by molar-refractivity contribution is 0.615. The molecule has 0 spiro atoms. The van der Waals surface area contributed by atoms with Gasteiger partial charge in [0.2, 0.25) is 6.71 Å². The summed E-state index contributed by atoms with van der Waals surface area (Å²) in [4.78, 5) is 2.15. The molecule has 18 heavy (non-hydrogen) atoms. The Bertz CT molecular complexity index is 497. The van der Waals surface area contributed by atoms with E-state index in [9.17, 15) is 0 Å². The van der Waals surface area contributed by atoms with Gasteiger partial charge in [-0.25, -0.2) is 0 Å². The van der Waals surface area contributed by atoms with Crippen molar-refractivity contribution in [2.45, 2.75) is 34.6 Å². The van der Waals surface area contributed by atoms with E-state index >= 15 is 0 Å². The van der Waals surface area contributed by atoms with Crippen LogP contribution in [0, 0.1) is 20.8 Å². The highest BCUT2D eigenvalue weighted by Crippen LogP contribution is 2.20. The summed E-state index contributed by atoms with van der Waals surface area (Å²) in [5.41, 5.74) is 8.49. The minimum atomic E-state index is 0.446. The molecule has 0 radical (unpaired) electrons. The molecule has 1 aromatic rings. The monoisotopic (exact) mass is 239 g/mol. The molecule has 1 aliphatic heterocycles. The standard InChI is InChI=1S/C16H22BN/c1-11-7-12(2)16(13(3)8-11)17-14(4)9-18(6)10-15(17)5/h7-10H,1-6H3. The summed E-state index contributed by atoms with van der Waals surface area (Å²) in [5, 5.41) is 0. The van der Waals surface area contributed by atoms with Crippen LogP contribution in [0.2, 0.25) is 0 Å². The molecule has 0 aliphatic carbocycles. The topological polar surface area (TPSA) is 3.24 Å². The van der Waals surface area contributed by atoms with Gasteiger partial charge in [-0.1, -0.05) is 45.2 Å². The van der Waals surface area contributed by atoms with Crippen LogP contribution in [-0.4, -0.2) is 18.7 Å². The van der Waals surface area contributed by atoms with Crippen molar-refractivity contribution >= 4 is 12.2 Å². The van der Waals surface area contributed by atoms with Gasteiger partial charge in [0.05, 0.1) is 0 Å². The van der Waals surface area contributed by atoms with Gasteiger partial charge < -0.3 is 4.90 Å². The first-order valence-electron chi connectivity index (χ1n) is 6.56. The maximum atomic E-state index is 2.29. The van der Waals surface area contributed by atoms with Crippen LogP contribution >= 0.6 is 0 Å².